The smallest absolute Gasteiger partial charge is 0.378 e. The van der Waals surface area contributed by atoms with Crippen LogP contribution in [0.2, 0.25) is 0 Å². The zero-order chi connectivity index (χ0) is 18.8. The highest BCUT2D eigenvalue weighted by atomic mass is 16.7. The summed E-state index contributed by atoms with van der Waals surface area (Å²) in [5.74, 6) is 0.870. The highest BCUT2D eigenvalue weighted by molar-refractivity contribution is 5.95. The van der Waals surface area contributed by atoms with E-state index < -0.39 is 5.97 Å². The lowest BCUT2D eigenvalue weighted by Crippen LogP contribution is -2.29. The average Bonchev–Trinajstić information content (AvgIpc) is 3.34. The lowest BCUT2D eigenvalue weighted by Gasteiger charge is -2.16. The maximum atomic E-state index is 12.3. The van der Waals surface area contributed by atoms with Crippen LogP contribution in [0.5, 0.6) is 11.5 Å². The van der Waals surface area contributed by atoms with Gasteiger partial charge < -0.3 is 14.3 Å². The molecule has 2 aromatic rings. The van der Waals surface area contributed by atoms with Crippen LogP contribution < -0.4 is 20.1 Å². The summed E-state index contributed by atoms with van der Waals surface area (Å²) in [5, 5.41) is 10.2. The molecule has 8 heteroatoms. The summed E-state index contributed by atoms with van der Waals surface area (Å²) < 4.78 is 10.7. The zero-order valence-electron chi connectivity index (χ0n) is 14.9. The number of hydrogen-bond acceptors (Lipinski definition) is 8. The van der Waals surface area contributed by atoms with E-state index in [2.05, 4.69) is 15.8 Å². The number of rotatable bonds is 4. The summed E-state index contributed by atoms with van der Waals surface area (Å²) in [6.45, 7) is 0. The summed E-state index contributed by atoms with van der Waals surface area (Å²) in [6.07, 6.45) is 0.456. The molecule has 27 heavy (non-hydrogen) atoms. The Bertz CT molecular complexity index is 927. The van der Waals surface area contributed by atoms with E-state index in [1.165, 1.54) is 0 Å². The number of carbonyl (C=O) groups excluding carboxylic acids is 1. The molecule has 2 aliphatic heterocycles. The first-order valence-corrected chi connectivity index (χ1v) is 8.39. The van der Waals surface area contributed by atoms with Gasteiger partial charge in [0.15, 0.2) is 5.70 Å². The fraction of sp³-hybridized carbons (Fsp3) is 0.211. The Morgan fingerprint density at radius 3 is 2.70 bits per heavy atom. The topological polar surface area (TPSA) is 84.8 Å². The quantitative estimate of drug-likeness (QED) is 0.836. The Morgan fingerprint density at radius 1 is 1.15 bits per heavy atom. The van der Waals surface area contributed by atoms with Crippen molar-refractivity contribution < 1.29 is 19.1 Å². The molecule has 8 nitrogen and oxygen atoms in total. The molecule has 2 aliphatic rings. The molecule has 2 heterocycles. The molecule has 0 bridgehead atoms. The van der Waals surface area contributed by atoms with Crippen molar-refractivity contribution in [1.29, 1.82) is 0 Å². The van der Waals surface area contributed by atoms with Crippen molar-refractivity contribution in [2.24, 2.45) is 10.2 Å². The van der Waals surface area contributed by atoms with Gasteiger partial charge >= 0.3 is 5.97 Å². The Balaban J connectivity index is 1.65. The largest absolute Gasteiger partial charge is 0.497 e. The number of hydrazine groups is 1. The van der Waals surface area contributed by atoms with E-state index >= 15 is 0 Å². The van der Waals surface area contributed by atoms with Gasteiger partial charge in [0.25, 0.3) is 0 Å². The first-order chi connectivity index (χ1) is 13.2. The van der Waals surface area contributed by atoms with Gasteiger partial charge in [-0.25, -0.2) is 9.80 Å². The maximum Gasteiger partial charge on any atom is 0.378 e. The number of azo groups is 1. The van der Waals surface area contributed by atoms with Gasteiger partial charge in [0.1, 0.15) is 17.5 Å². The van der Waals surface area contributed by atoms with Crippen molar-refractivity contribution in [3.8, 4) is 11.5 Å². The first-order valence-electron chi connectivity index (χ1n) is 8.39. The van der Waals surface area contributed by atoms with Crippen LogP contribution in [0.4, 0.5) is 5.69 Å². The molecule has 2 aromatic carbocycles. The molecule has 0 amide bonds. The Morgan fingerprint density at radius 2 is 1.96 bits per heavy atom. The van der Waals surface area contributed by atoms with E-state index in [0.717, 1.165) is 11.3 Å². The summed E-state index contributed by atoms with van der Waals surface area (Å²) in [7, 11) is 3.20. The van der Waals surface area contributed by atoms with Crippen molar-refractivity contribution in [2.75, 3.05) is 19.2 Å². The van der Waals surface area contributed by atoms with E-state index in [4.69, 9.17) is 14.3 Å². The van der Waals surface area contributed by atoms with Crippen molar-refractivity contribution in [2.45, 2.75) is 12.5 Å². The lowest BCUT2D eigenvalue weighted by molar-refractivity contribution is -0.140. The highest BCUT2D eigenvalue weighted by Gasteiger charge is 2.36. The number of carbonyl (C=O) groups is 1. The predicted molar refractivity (Wildman–Crippen MR) is 96.9 cm³/mol. The maximum absolute atomic E-state index is 12.3. The van der Waals surface area contributed by atoms with E-state index in [-0.39, 0.29) is 6.04 Å². The second-order valence-corrected chi connectivity index (χ2v) is 5.99. The van der Waals surface area contributed by atoms with Crippen LogP contribution in [0, 0.1) is 0 Å². The van der Waals surface area contributed by atoms with Crippen molar-refractivity contribution >= 4 is 11.7 Å². The standard InChI is InChI=1S/C19H18N4O4/c1-25-13-8-9-14(17(10-13)26-2)15-11-16(21-20-15)18-19(24)27-22-23(18)12-6-4-3-5-7-12/h3-10,15,22H,11H2,1-2H3. The molecule has 1 saturated heterocycles. The molecule has 1 atom stereocenters. The first kappa shape index (κ1) is 17.0. The number of benzene rings is 2. The zero-order valence-corrected chi connectivity index (χ0v) is 14.9. The van der Waals surface area contributed by atoms with Crippen LogP contribution in [0.25, 0.3) is 0 Å². The third-order valence-electron chi connectivity index (χ3n) is 4.44. The fourth-order valence-corrected chi connectivity index (χ4v) is 3.09. The molecule has 1 unspecified atom stereocenters. The lowest BCUT2D eigenvalue weighted by atomic mass is 10.0. The monoisotopic (exact) mass is 366 g/mol. The third-order valence-corrected chi connectivity index (χ3v) is 4.44. The number of ether oxygens (including phenoxy) is 2. The molecule has 4 rings (SSSR count). The van der Waals surface area contributed by atoms with Crippen molar-refractivity contribution in [3.63, 3.8) is 0 Å². The van der Waals surface area contributed by atoms with Crippen LogP contribution in [0.3, 0.4) is 0 Å². The molecular weight excluding hydrogens is 348 g/mol. The van der Waals surface area contributed by atoms with Gasteiger partial charge in [-0.05, 0) is 24.3 Å². The Kier molecular flexibility index (Phi) is 4.47. The summed E-state index contributed by atoms with van der Waals surface area (Å²) >= 11 is 0. The van der Waals surface area contributed by atoms with Crippen LogP contribution in [-0.4, -0.2) is 20.2 Å². The van der Waals surface area contributed by atoms with E-state index in [0.29, 0.717) is 29.3 Å². The molecule has 1 fully saturated rings. The van der Waals surface area contributed by atoms with Gasteiger partial charge in [-0.2, -0.15) is 10.2 Å². The molecule has 0 aromatic heterocycles. The molecule has 138 valence electrons. The number of methoxy groups -OCH3 is 2. The van der Waals surface area contributed by atoms with E-state index in [1.807, 2.05) is 42.5 Å². The van der Waals surface area contributed by atoms with Crippen LogP contribution >= 0.6 is 0 Å². The fourth-order valence-electron chi connectivity index (χ4n) is 3.09. The highest BCUT2D eigenvalue weighted by Crippen LogP contribution is 2.41. The summed E-state index contributed by atoms with van der Waals surface area (Å²) in [5.41, 5.74) is 5.16. The Hall–Kier alpha value is -3.39. The Labute approximate surface area is 156 Å². The van der Waals surface area contributed by atoms with Crippen molar-refractivity contribution in [3.05, 3.63) is 65.5 Å². The minimum atomic E-state index is -0.491. The number of hydrogen-bond donors (Lipinski definition) is 1. The van der Waals surface area contributed by atoms with Crippen molar-refractivity contribution in [1.82, 2.24) is 5.59 Å². The van der Waals surface area contributed by atoms with Crippen LogP contribution in [0.15, 0.2) is 70.2 Å². The number of anilines is 1. The van der Waals surface area contributed by atoms with Gasteiger partial charge in [0.2, 0.25) is 0 Å². The SMILES string of the molecule is COc1ccc(C2CC(=C3C(=O)ONN3c3ccccc3)N=N2)c(OC)c1. The molecule has 0 saturated carbocycles. The second-order valence-electron chi connectivity index (χ2n) is 5.99. The summed E-state index contributed by atoms with van der Waals surface area (Å²) in [6, 6.07) is 14.7. The number of nitrogens with one attached hydrogen (secondary N) is 1. The van der Waals surface area contributed by atoms with Gasteiger partial charge in [0.05, 0.1) is 25.6 Å². The van der Waals surface area contributed by atoms with Crippen LogP contribution in [0.1, 0.15) is 18.0 Å². The molecule has 0 spiro atoms. The molecule has 0 radical (unpaired) electrons. The van der Waals surface area contributed by atoms with E-state index in [1.54, 1.807) is 25.3 Å². The molecule has 0 aliphatic carbocycles. The van der Waals surface area contributed by atoms with Gasteiger partial charge in [-0.15, -0.1) is 0 Å². The normalized spacial score (nSPS) is 21.5. The van der Waals surface area contributed by atoms with Crippen LogP contribution in [-0.2, 0) is 9.63 Å². The number of nitrogens with zero attached hydrogens (tertiary/aromatic N) is 3. The molecular formula is C19H18N4O4. The summed E-state index contributed by atoms with van der Waals surface area (Å²) in [4.78, 5) is 17.3. The van der Waals surface area contributed by atoms with Gasteiger partial charge in [0, 0.05) is 18.1 Å². The average molecular weight is 366 g/mol. The third kappa shape index (κ3) is 3.11. The number of para-hydroxylation sites is 1. The van der Waals surface area contributed by atoms with Gasteiger partial charge in [-0.1, -0.05) is 23.8 Å². The predicted octanol–water partition coefficient (Wildman–Crippen LogP) is 3.30. The van der Waals surface area contributed by atoms with Gasteiger partial charge in [-0.3, -0.25) is 0 Å². The van der Waals surface area contributed by atoms with E-state index in [9.17, 15) is 4.79 Å². The minimum absolute atomic E-state index is 0.251. The second kappa shape index (κ2) is 7.08. The minimum Gasteiger partial charge on any atom is -0.497 e. The molecule has 1 N–H and O–H groups in total.